The van der Waals surface area contributed by atoms with Gasteiger partial charge in [0.05, 0.1) is 63.8 Å². The molecule has 0 fully saturated rings. The first-order valence-corrected chi connectivity index (χ1v) is 13.2. The van der Waals surface area contributed by atoms with Crippen LogP contribution in [0.1, 0.15) is 5.56 Å². The predicted octanol–water partition coefficient (Wildman–Crippen LogP) is 5.37. The Morgan fingerprint density at radius 1 is 0.895 bits per heavy atom. The van der Waals surface area contributed by atoms with Gasteiger partial charge in [-0.05, 0) is 35.9 Å². The summed E-state index contributed by atoms with van der Waals surface area (Å²) in [4.78, 5) is 19.9. The van der Waals surface area contributed by atoms with E-state index in [1.165, 1.54) is 51.5 Å². The van der Waals surface area contributed by atoms with Crippen molar-refractivity contribution in [2.24, 2.45) is 0 Å². The van der Waals surface area contributed by atoms with Crippen LogP contribution in [0.5, 0.6) is 34.5 Å². The molecule has 1 aromatic heterocycles. The number of thiazole rings is 1. The zero-order valence-electron chi connectivity index (χ0n) is 21.6. The van der Waals surface area contributed by atoms with Gasteiger partial charge in [0, 0.05) is 12.1 Å². The fourth-order valence-electron chi connectivity index (χ4n) is 3.84. The van der Waals surface area contributed by atoms with Crippen molar-refractivity contribution in [2.45, 2.75) is 10.9 Å². The van der Waals surface area contributed by atoms with Crippen LogP contribution < -0.4 is 28.6 Å². The maximum Gasteiger partial charge on any atom is 0.237 e. The summed E-state index contributed by atoms with van der Waals surface area (Å²) < 4.78 is 28.7. The van der Waals surface area contributed by atoms with Gasteiger partial charge in [0.1, 0.15) is 5.75 Å². The van der Waals surface area contributed by atoms with E-state index in [0.717, 1.165) is 20.3 Å². The number of hydrogen-bond acceptors (Lipinski definition) is 10. The number of anilines is 1. The number of fused-ring (bicyclic) bond motifs is 1. The SMILES string of the molecule is COc1ccc2nc(SCC(=O)N(Cc3ccc(OC)c(O)c3)c3cc(OC)c(OC)c(OC)c3)sc2c1. The molecule has 11 heteroatoms. The van der Waals surface area contributed by atoms with Gasteiger partial charge in [-0.1, -0.05) is 17.8 Å². The van der Waals surface area contributed by atoms with Crippen molar-refractivity contribution in [2.75, 3.05) is 46.2 Å². The minimum Gasteiger partial charge on any atom is -0.504 e. The minimum absolute atomic E-state index is 0.0124. The molecule has 0 saturated heterocycles. The summed E-state index contributed by atoms with van der Waals surface area (Å²) in [5, 5.41) is 10.3. The summed E-state index contributed by atoms with van der Waals surface area (Å²) in [5.41, 5.74) is 2.11. The molecule has 0 saturated carbocycles. The smallest absolute Gasteiger partial charge is 0.237 e. The molecule has 0 unspecified atom stereocenters. The number of phenols is 1. The van der Waals surface area contributed by atoms with Gasteiger partial charge >= 0.3 is 0 Å². The summed E-state index contributed by atoms with van der Waals surface area (Å²) in [6, 6.07) is 14.2. The van der Waals surface area contributed by atoms with Gasteiger partial charge in [0.15, 0.2) is 27.3 Å². The number of rotatable bonds is 11. The van der Waals surface area contributed by atoms with Gasteiger partial charge in [-0.25, -0.2) is 4.98 Å². The quantitative estimate of drug-likeness (QED) is 0.244. The molecule has 200 valence electrons. The van der Waals surface area contributed by atoms with Crippen LogP contribution in [0, 0.1) is 0 Å². The summed E-state index contributed by atoms with van der Waals surface area (Å²) >= 11 is 2.86. The fraction of sp³-hybridized carbons (Fsp3) is 0.259. The molecule has 1 amide bonds. The highest BCUT2D eigenvalue weighted by Crippen LogP contribution is 2.42. The van der Waals surface area contributed by atoms with Gasteiger partial charge in [-0.15, -0.1) is 11.3 Å². The summed E-state index contributed by atoms with van der Waals surface area (Å²) in [7, 11) is 7.67. The fourth-order valence-corrected chi connectivity index (χ4v) is 5.81. The van der Waals surface area contributed by atoms with Crippen LogP contribution in [0.4, 0.5) is 5.69 Å². The highest BCUT2D eigenvalue weighted by atomic mass is 32.2. The van der Waals surface area contributed by atoms with Gasteiger partial charge in [-0.3, -0.25) is 4.79 Å². The Morgan fingerprint density at radius 2 is 1.61 bits per heavy atom. The molecule has 4 rings (SSSR count). The summed E-state index contributed by atoms with van der Waals surface area (Å²) in [5.74, 6) is 2.32. The van der Waals surface area contributed by atoms with E-state index in [2.05, 4.69) is 4.98 Å². The molecule has 0 aliphatic carbocycles. The molecule has 0 bridgehead atoms. The molecule has 0 aliphatic heterocycles. The Morgan fingerprint density at radius 3 is 2.21 bits per heavy atom. The van der Waals surface area contributed by atoms with E-state index in [-0.39, 0.29) is 24.0 Å². The maximum atomic E-state index is 13.7. The van der Waals surface area contributed by atoms with Crippen LogP contribution in [0.15, 0.2) is 52.9 Å². The van der Waals surface area contributed by atoms with Crippen molar-refractivity contribution < 1.29 is 33.6 Å². The second kappa shape index (κ2) is 12.1. The Labute approximate surface area is 228 Å². The van der Waals surface area contributed by atoms with E-state index in [1.54, 1.807) is 42.3 Å². The molecule has 1 heterocycles. The van der Waals surface area contributed by atoms with Crippen LogP contribution in [0.3, 0.4) is 0 Å². The summed E-state index contributed by atoms with van der Waals surface area (Å²) in [6.45, 7) is 0.187. The van der Waals surface area contributed by atoms with E-state index >= 15 is 0 Å². The van der Waals surface area contributed by atoms with Gasteiger partial charge in [0.25, 0.3) is 0 Å². The van der Waals surface area contributed by atoms with Gasteiger partial charge in [-0.2, -0.15) is 0 Å². The van der Waals surface area contributed by atoms with E-state index < -0.39 is 0 Å². The molecular weight excluding hydrogens is 528 g/mol. The van der Waals surface area contributed by atoms with Gasteiger partial charge < -0.3 is 33.7 Å². The van der Waals surface area contributed by atoms with Crippen LogP contribution >= 0.6 is 23.1 Å². The number of hydrogen-bond donors (Lipinski definition) is 1. The highest BCUT2D eigenvalue weighted by molar-refractivity contribution is 8.01. The number of benzene rings is 3. The lowest BCUT2D eigenvalue weighted by Crippen LogP contribution is -2.32. The zero-order valence-corrected chi connectivity index (χ0v) is 23.3. The van der Waals surface area contributed by atoms with Crippen LogP contribution in [0.2, 0.25) is 0 Å². The van der Waals surface area contributed by atoms with Crippen LogP contribution in [-0.2, 0) is 11.3 Å². The normalized spacial score (nSPS) is 10.8. The number of nitrogens with zero attached hydrogens (tertiary/aromatic N) is 2. The third-order valence-corrected chi connectivity index (χ3v) is 7.89. The molecule has 1 N–H and O–H groups in total. The van der Waals surface area contributed by atoms with Crippen molar-refractivity contribution in [1.29, 1.82) is 0 Å². The average molecular weight is 557 g/mol. The number of amides is 1. The number of carbonyl (C=O) groups excluding carboxylic acids is 1. The second-order valence-electron chi connectivity index (χ2n) is 7.97. The molecule has 38 heavy (non-hydrogen) atoms. The Kier molecular flexibility index (Phi) is 8.70. The minimum atomic E-state index is -0.170. The topological polar surface area (TPSA) is 99.6 Å². The highest BCUT2D eigenvalue weighted by Gasteiger charge is 2.23. The van der Waals surface area contributed by atoms with E-state index in [1.807, 2.05) is 18.2 Å². The lowest BCUT2D eigenvalue weighted by Gasteiger charge is -2.25. The first-order chi connectivity index (χ1) is 18.4. The Bertz CT molecular complexity index is 1420. The number of phenolic OH excluding ortho intramolecular Hbond substituents is 1. The number of ether oxygens (including phenoxy) is 5. The van der Waals surface area contributed by atoms with Crippen molar-refractivity contribution in [3.8, 4) is 34.5 Å². The average Bonchev–Trinajstić information content (AvgIpc) is 3.36. The van der Waals surface area contributed by atoms with E-state index in [0.29, 0.717) is 34.2 Å². The molecule has 0 aliphatic rings. The van der Waals surface area contributed by atoms with Crippen molar-refractivity contribution >= 4 is 44.9 Å². The van der Waals surface area contributed by atoms with Crippen molar-refractivity contribution in [3.05, 3.63) is 54.1 Å². The lowest BCUT2D eigenvalue weighted by atomic mass is 10.1. The third kappa shape index (κ3) is 5.84. The first-order valence-electron chi connectivity index (χ1n) is 11.4. The molecule has 0 spiro atoms. The van der Waals surface area contributed by atoms with E-state index in [4.69, 9.17) is 23.7 Å². The number of thioether (sulfide) groups is 1. The molecule has 0 atom stereocenters. The van der Waals surface area contributed by atoms with Crippen molar-refractivity contribution in [1.82, 2.24) is 4.98 Å². The largest absolute Gasteiger partial charge is 0.504 e. The number of methoxy groups -OCH3 is 5. The number of aromatic hydroxyl groups is 1. The molecule has 0 radical (unpaired) electrons. The predicted molar refractivity (Wildman–Crippen MR) is 149 cm³/mol. The van der Waals surface area contributed by atoms with Crippen LogP contribution in [0.25, 0.3) is 10.2 Å². The standard InChI is InChI=1S/C27H28N2O7S2/c1-32-18-7-8-19-24(13-18)38-27(28-19)37-15-25(31)29(14-16-6-9-21(33-2)20(30)10-16)17-11-22(34-3)26(36-5)23(12-17)35-4/h6-13,30H,14-15H2,1-5H3. The molecular formula is C27H28N2O7S2. The van der Waals surface area contributed by atoms with Crippen LogP contribution in [-0.4, -0.2) is 57.3 Å². The molecule has 9 nitrogen and oxygen atoms in total. The van der Waals surface area contributed by atoms with Gasteiger partial charge in [0.2, 0.25) is 11.7 Å². The third-order valence-electron chi connectivity index (χ3n) is 5.74. The second-order valence-corrected chi connectivity index (χ2v) is 10.2. The molecule has 3 aromatic carbocycles. The summed E-state index contributed by atoms with van der Waals surface area (Å²) in [6.07, 6.45) is 0. The first kappa shape index (κ1) is 27.2. The van der Waals surface area contributed by atoms with Crippen molar-refractivity contribution in [3.63, 3.8) is 0 Å². The Balaban J connectivity index is 1.65. The lowest BCUT2D eigenvalue weighted by molar-refractivity contribution is -0.116. The number of aromatic nitrogens is 1. The zero-order chi connectivity index (χ0) is 27.2. The van der Waals surface area contributed by atoms with E-state index in [9.17, 15) is 9.90 Å². The monoisotopic (exact) mass is 556 g/mol. The Hall–Kier alpha value is -3.83. The number of carbonyl (C=O) groups is 1. The maximum absolute atomic E-state index is 13.7. The molecule has 4 aromatic rings.